The largest absolute Gasteiger partial charge is 0.352 e. The Kier molecular flexibility index (Phi) is 9.12. The van der Waals surface area contributed by atoms with E-state index in [9.17, 15) is 14.0 Å². The molecule has 0 spiro atoms. The highest BCUT2D eigenvalue weighted by Gasteiger charge is 2.29. The van der Waals surface area contributed by atoms with Gasteiger partial charge in [-0.1, -0.05) is 61.3 Å². The quantitative estimate of drug-likeness (QED) is 0.553. The summed E-state index contributed by atoms with van der Waals surface area (Å²) < 4.78 is 14.1. The Morgan fingerprint density at radius 2 is 1.77 bits per heavy atom. The van der Waals surface area contributed by atoms with Gasteiger partial charge in [0.1, 0.15) is 11.9 Å². The van der Waals surface area contributed by atoms with Gasteiger partial charge in [-0.2, -0.15) is 0 Å². The molecular weight excluding hydrogens is 426 g/mol. The van der Waals surface area contributed by atoms with Crippen molar-refractivity contribution in [2.45, 2.75) is 58.7 Å². The van der Waals surface area contributed by atoms with Gasteiger partial charge < -0.3 is 10.2 Å². The van der Waals surface area contributed by atoms with Crippen LogP contribution in [0.15, 0.2) is 42.5 Å². The van der Waals surface area contributed by atoms with Crippen molar-refractivity contribution in [1.29, 1.82) is 0 Å². The fraction of sp³-hybridized carbons (Fsp3) is 0.391. The summed E-state index contributed by atoms with van der Waals surface area (Å²) in [6, 6.07) is 10.5. The van der Waals surface area contributed by atoms with Crippen LogP contribution in [0.1, 0.15) is 44.7 Å². The molecule has 0 saturated heterocycles. The minimum atomic E-state index is -0.687. The third-order valence-corrected chi connectivity index (χ3v) is 5.76. The highest BCUT2D eigenvalue weighted by molar-refractivity contribution is 6.42. The van der Waals surface area contributed by atoms with Crippen molar-refractivity contribution in [3.8, 4) is 0 Å². The van der Waals surface area contributed by atoms with Crippen LogP contribution >= 0.6 is 23.2 Å². The van der Waals surface area contributed by atoms with E-state index in [-0.39, 0.29) is 30.8 Å². The molecule has 0 aromatic heterocycles. The molecule has 162 valence electrons. The van der Waals surface area contributed by atoms with Crippen LogP contribution in [0, 0.1) is 5.82 Å². The summed E-state index contributed by atoms with van der Waals surface area (Å²) in [4.78, 5) is 27.6. The van der Waals surface area contributed by atoms with E-state index in [1.807, 2.05) is 20.8 Å². The summed E-state index contributed by atoms with van der Waals surface area (Å²) in [5.41, 5.74) is 1.03. The minimum absolute atomic E-state index is 0.0138. The molecular formula is C23H27Cl2FN2O2. The minimum Gasteiger partial charge on any atom is -0.352 e. The summed E-state index contributed by atoms with van der Waals surface area (Å²) in [6.45, 7) is 5.90. The molecule has 30 heavy (non-hydrogen) atoms. The molecule has 2 atom stereocenters. The van der Waals surface area contributed by atoms with E-state index in [1.54, 1.807) is 36.4 Å². The van der Waals surface area contributed by atoms with Gasteiger partial charge in [-0.05, 0) is 49.1 Å². The van der Waals surface area contributed by atoms with E-state index in [4.69, 9.17) is 23.2 Å². The fourth-order valence-electron chi connectivity index (χ4n) is 3.10. The topological polar surface area (TPSA) is 49.4 Å². The number of hydrogen-bond donors (Lipinski definition) is 1. The van der Waals surface area contributed by atoms with Crippen molar-refractivity contribution < 1.29 is 14.0 Å². The van der Waals surface area contributed by atoms with Crippen molar-refractivity contribution in [3.63, 3.8) is 0 Å². The standard InChI is InChI=1S/C23H27Cl2FN2O2/c1-4-15(3)27-23(30)21(5-2)28(14-16-10-11-18(24)19(25)12-16)22(29)13-17-8-6-7-9-20(17)26/h6-12,15,21H,4-5,13-14H2,1-3H3,(H,27,30)/t15-,21+/m0/s1. The van der Waals surface area contributed by atoms with Crippen molar-refractivity contribution in [3.05, 3.63) is 69.5 Å². The van der Waals surface area contributed by atoms with Gasteiger partial charge in [-0.3, -0.25) is 9.59 Å². The highest BCUT2D eigenvalue weighted by Crippen LogP contribution is 2.24. The molecule has 1 N–H and O–H groups in total. The Morgan fingerprint density at radius 3 is 2.37 bits per heavy atom. The molecule has 2 aromatic carbocycles. The number of hydrogen-bond acceptors (Lipinski definition) is 2. The van der Waals surface area contributed by atoms with Crippen molar-refractivity contribution in [1.82, 2.24) is 10.2 Å². The summed E-state index contributed by atoms with van der Waals surface area (Å²) in [7, 11) is 0. The van der Waals surface area contributed by atoms with Crippen LogP contribution in [0.5, 0.6) is 0 Å². The van der Waals surface area contributed by atoms with E-state index in [1.165, 1.54) is 11.0 Å². The molecule has 0 aliphatic carbocycles. The Bertz CT molecular complexity index is 891. The van der Waals surface area contributed by atoms with Crippen LogP contribution in [0.3, 0.4) is 0 Å². The number of benzene rings is 2. The molecule has 0 aliphatic rings. The predicted octanol–water partition coefficient (Wildman–Crippen LogP) is 5.40. The second kappa shape index (κ2) is 11.3. The molecule has 0 saturated carbocycles. The number of halogens is 3. The molecule has 2 rings (SSSR count). The van der Waals surface area contributed by atoms with E-state index in [0.717, 1.165) is 12.0 Å². The second-order valence-electron chi connectivity index (χ2n) is 7.28. The van der Waals surface area contributed by atoms with Gasteiger partial charge in [0.05, 0.1) is 16.5 Å². The molecule has 0 bridgehead atoms. The smallest absolute Gasteiger partial charge is 0.243 e. The number of nitrogens with one attached hydrogen (secondary N) is 1. The zero-order chi connectivity index (χ0) is 22.3. The Hall–Kier alpha value is -2.11. The molecule has 2 aromatic rings. The van der Waals surface area contributed by atoms with E-state index in [2.05, 4.69) is 5.32 Å². The van der Waals surface area contributed by atoms with Crippen LogP contribution in [0.2, 0.25) is 10.0 Å². The normalized spacial score (nSPS) is 12.9. The molecule has 0 heterocycles. The zero-order valence-corrected chi connectivity index (χ0v) is 18.9. The van der Waals surface area contributed by atoms with Crippen LogP contribution in [0.25, 0.3) is 0 Å². The molecule has 0 radical (unpaired) electrons. The van der Waals surface area contributed by atoms with Crippen LogP contribution < -0.4 is 5.32 Å². The first-order chi connectivity index (χ1) is 14.3. The fourth-order valence-corrected chi connectivity index (χ4v) is 3.42. The first-order valence-electron chi connectivity index (χ1n) is 10.0. The molecule has 7 heteroatoms. The lowest BCUT2D eigenvalue weighted by molar-refractivity contribution is -0.141. The lowest BCUT2D eigenvalue weighted by atomic mass is 10.1. The summed E-state index contributed by atoms with van der Waals surface area (Å²) in [5, 5.41) is 3.72. The van der Waals surface area contributed by atoms with Gasteiger partial charge in [0.15, 0.2) is 0 Å². The third kappa shape index (κ3) is 6.44. The van der Waals surface area contributed by atoms with E-state index in [0.29, 0.717) is 22.0 Å². The third-order valence-electron chi connectivity index (χ3n) is 5.02. The molecule has 0 unspecified atom stereocenters. The number of carbonyl (C=O) groups excluding carboxylic acids is 2. The van der Waals surface area contributed by atoms with Gasteiger partial charge in [-0.25, -0.2) is 4.39 Å². The SMILES string of the molecule is CC[C@H](C(=O)N[C@@H](C)CC)N(Cc1ccc(Cl)c(Cl)c1)C(=O)Cc1ccccc1F. The first kappa shape index (κ1) is 24.2. The van der Waals surface area contributed by atoms with Gasteiger partial charge in [-0.15, -0.1) is 0 Å². The number of nitrogens with zero attached hydrogens (tertiary/aromatic N) is 1. The van der Waals surface area contributed by atoms with Crippen LogP contribution in [0.4, 0.5) is 4.39 Å². The van der Waals surface area contributed by atoms with Crippen LogP contribution in [-0.2, 0) is 22.6 Å². The van der Waals surface area contributed by atoms with Gasteiger partial charge in [0.25, 0.3) is 0 Å². The average Bonchev–Trinajstić information content (AvgIpc) is 2.72. The number of carbonyl (C=O) groups is 2. The molecule has 4 nitrogen and oxygen atoms in total. The monoisotopic (exact) mass is 452 g/mol. The number of rotatable bonds is 9. The van der Waals surface area contributed by atoms with Crippen LogP contribution in [-0.4, -0.2) is 28.8 Å². The van der Waals surface area contributed by atoms with Gasteiger partial charge in [0, 0.05) is 12.6 Å². The highest BCUT2D eigenvalue weighted by atomic mass is 35.5. The lowest BCUT2D eigenvalue weighted by Gasteiger charge is -2.31. The Balaban J connectivity index is 2.34. The molecule has 0 fully saturated rings. The maximum atomic E-state index is 14.1. The summed E-state index contributed by atoms with van der Waals surface area (Å²) >= 11 is 12.1. The van der Waals surface area contributed by atoms with Crippen molar-refractivity contribution in [2.24, 2.45) is 0 Å². The average molecular weight is 453 g/mol. The zero-order valence-electron chi connectivity index (χ0n) is 17.4. The number of amides is 2. The first-order valence-corrected chi connectivity index (χ1v) is 10.8. The van der Waals surface area contributed by atoms with E-state index < -0.39 is 11.9 Å². The maximum absolute atomic E-state index is 14.1. The summed E-state index contributed by atoms with van der Waals surface area (Å²) in [5.74, 6) is -1.01. The molecule has 2 amide bonds. The van der Waals surface area contributed by atoms with Crippen molar-refractivity contribution >= 4 is 35.0 Å². The lowest BCUT2D eigenvalue weighted by Crippen LogP contribution is -2.51. The summed E-state index contributed by atoms with van der Waals surface area (Å²) in [6.07, 6.45) is 1.06. The maximum Gasteiger partial charge on any atom is 0.243 e. The Morgan fingerprint density at radius 1 is 1.07 bits per heavy atom. The predicted molar refractivity (Wildman–Crippen MR) is 119 cm³/mol. The van der Waals surface area contributed by atoms with E-state index >= 15 is 0 Å². The second-order valence-corrected chi connectivity index (χ2v) is 8.09. The van der Waals surface area contributed by atoms with Gasteiger partial charge in [0.2, 0.25) is 11.8 Å². The van der Waals surface area contributed by atoms with Gasteiger partial charge >= 0.3 is 0 Å². The molecule has 0 aliphatic heterocycles. The van der Waals surface area contributed by atoms with Crippen molar-refractivity contribution in [2.75, 3.05) is 0 Å². The Labute approximate surface area is 187 Å².